The lowest BCUT2D eigenvalue weighted by Gasteiger charge is -2.06. The van der Waals surface area contributed by atoms with E-state index in [1.807, 2.05) is 0 Å². The highest BCUT2D eigenvalue weighted by Crippen LogP contribution is 2.32. The van der Waals surface area contributed by atoms with E-state index in [0.29, 0.717) is 0 Å². The van der Waals surface area contributed by atoms with Crippen molar-refractivity contribution in [2.75, 3.05) is 0 Å². The van der Waals surface area contributed by atoms with Gasteiger partial charge in [0.2, 0.25) is 0 Å². The van der Waals surface area contributed by atoms with Gasteiger partial charge in [-0.3, -0.25) is 0 Å². The van der Waals surface area contributed by atoms with Gasteiger partial charge >= 0.3 is 0 Å². The van der Waals surface area contributed by atoms with Crippen LogP contribution in [0, 0.1) is 0 Å². The van der Waals surface area contributed by atoms with Crippen molar-refractivity contribution < 1.29 is 13.9 Å². The Morgan fingerprint density at radius 3 is 2.46 bits per heavy atom. The minimum absolute atomic E-state index is 0.166. The molecule has 0 fully saturated rings. The largest absolute Gasteiger partial charge is 0.390 e. The predicted molar refractivity (Wildman–Crippen MR) is 45.1 cm³/mol. The Bertz CT molecular complexity index is 296. The Morgan fingerprint density at radius 1 is 1.46 bits per heavy atom. The second-order valence-corrected chi connectivity index (χ2v) is 3.02. The number of hydrogen-bond donors (Lipinski definition) is 1. The van der Waals surface area contributed by atoms with Crippen molar-refractivity contribution >= 4 is 23.2 Å². The van der Waals surface area contributed by atoms with Crippen molar-refractivity contribution in [2.45, 2.75) is 13.0 Å². The summed E-state index contributed by atoms with van der Waals surface area (Å²) in [7, 11) is 0. The van der Waals surface area contributed by atoms with E-state index in [4.69, 9.17) is 28.3 Å². The third kappa shape index (κ3) is 2.27. The number of pyridine rings is 1. The molecule has 0 aliphatic heterocycles. The lowest BCUT2D eigenvalue weighted by atomic mass is 10.2. The van der Waals surface area contributed by atoms with Crippen molar-refractivity contribution in [1.82, 2.24) is 4.98 Å². The molecule has 13 heavy (non-hydrogen) atoms. The molecule has 0 radical (unpaired) electrons. The molecule has 1 aromatic rings. The highest BCUT2D eigenvalue weighted by Gasteiger charge is 2.18. The number of aliphatic hydroxyl groups excluding tert-OH is 1. The standard InChI is InChI=1S/C7H5Cl2F2NO/c8-4-1-3(2-13)12-6(9)5(4)7(10)11/h1,7,13H,2H2. The van der Waals surface area contributed by atoms with Crippen LogP contribution in [0.3, 0.4) is 0 Å². The molecule has 0 bridgehead atoms. The molecule has 0 atom stereocenters. The number of rotatable bonds is 2. The van der Waals surface area contributed by atoms with Crippen LogP contribution in [0.5, 0.6) is 0 Å². The predicted octanol–water partition coefficient (Wildman–Crippen LogP) is 2.82. The van der Waals surface area contributed by atoms with Gasteiger partial charge in [0.15, 0.2) is 0 Å². The summed E-state index contributed by atoms with van der Waals surface area (Å²) in [5.74, 6) is 0. The van der Waals surface area contributed by atoms with Gasteiger partial charge < -0.3 is 5.11 Å². The normalized spacial score (nSPS) is 10.9. The van der Waals surface area contributed by atoms with Crippen LogP contribution in [-0.4, -0.2) is 10.1 Å². The average molecular weight is 228 g/mol. The molecule has 0 unspecified atom stereocenters. The van der Waals surface area contributed by atoms with Gasteiger partial charge in [0.05, 0.1) is 22.9 Å². The first-order valence-electron chi connectivity index (χ1n) is 3.30. The maximum atomic E-state index is 12.3. The molecule has 1 rings (SSSR count). The lowest BCUT2D eigenvalue weighted by Crippen LogP contribution is -1.96. The van der Waals surface area contributed by atoms with E-state index >= 15 is 0 Å². The molecule has 0 saturated heterocycles. The van der Waals surface area contributed by atoms with E-state index in [1.165, 1.54) is 0 Å². The molecule has 1 heterocycles. The van der Waals surface area contributed by atoms with Crippen LogP contribution >= 0.6 is 23.2 Å². The van der Waals surface area contributed by atoms with Gasteiger partial charge in [-0.25, -0.2) is 13.8 Å². The molecule has 0 aliphatic carbocycles. The SMILES string of the molecule is OCc1cc(Cl)c(C(F)F)c(Cl)n1. The zero-order valence-corrected chi connectivity index (χ0v) is 7.78. The summed E-state index contributed by atoms with van der Waals surface area (Å²) in [6.07, 6.45) is -2.76. The summed E-state index contributed by atoms with van der Waals surface area (Å²) in [6, 6.07) is 1.16. The molecule has 0 spiro atoms. The Balaban J connectivity index is 3.23. The molecule has 0 aliphatic rings. The topological polar surface area (TPSA) is 33.1 Å². The number of hydrogen-bond acceptors (Lipinski definition) is 2. The minimum atomic E-state index is -2.76. The van der Waals surface area contributed by atoms with E-state index in [0.717, 1.165) is 6.07 Å². The van der Waals surface area contributed by atoms with E-state index in [2.05, 4.69) is 4.98 Å². The van der Waals surface area contributed by atoms with Crippen LogP contribution in [0.1, 0.15) is 17.7 Å². The number of halogens is 4. The van der Waals surface area contributed by atoms with Gasteiger partial charge in [0, 0.05) is 0 Å². The van der Waals surface area contributed by atoms with Gasteiger partial charge in [0.25, 0.3) is 6.43 Å². The van der Waals surface area contributed by atoms with Gasteiger partial charge in [0.1, 0.15) is 5.15 Å². The summed E-state index contributed by atoms with van der Waals surface area (Å²) >= 11 is 10.9. The maximum absolute atomic E-state index is 12.3. The van der Waals surface area contributed by atoms with E-state index in [9.17, 15) is 8.78 Å². The van der Waals surface area contributed by atoms with E-state index in [1.54, 1.807) is 0 Å². The van der Waals surface area contributed by atoms with Crippen LogP contribution in [0.15, 0.2) is 6.07 Å². The Morgan fingerprint density at radius 2 is 2.08 bits per heavy atom. The molecular formula is C7H5Cl2F2NO. The molecular weight excluding hydrogens is 223 g/mol. The Labute approximate surface area is 83.1 Å². The van der Waals surface area contributed by atoms with Gasteiger partial charge in [-0.2, -0.15) is 0 Å². The fourth-order valence-electron chi connectivity index (χ4n) is 0.816. The second-order valence-electron chi connectivity index (χ2n) is 2.26. The first kappa shape index (κ1) is 10.6. The molecule has 0 amide bonds. The van der Waals surface area contributed by atoms with Gasteiger partial charge in [-0.15, -0.1) is 0 Å². The molecule has 1 N–H and O–H groups in total. The highest BCUT2D eigenvalue weighted by molar-refractivity contribution is 6.35. The fraction of sp³-hybridized carbons (Fsp3) is 0.286. The molecule has 0 saturated carbocycles. The van der Waals surface area contributed by atoms with Gasteiger partial charge in [-0.05, 0) is 6.07 Å². The van der Waals surface area contributed by atoms with Crippen LogP contribution in [0.2, 0.25) is 10.2 Å². The first-order chi connectivity index (χ1) is 6.06. The van der Waals surface area contributed by atoms with Crippen LogP contribution < -0.4 is 0 Å². The maximum Gasteiger partial charge on any atom is 0.268 e. The molecule has 2 nitrogen and oxygen atoms in total. The van der Waals surface area contributed by atoms with Crippen LogP contribution in [0.25, 0.3) is 0 Å². The van der Waals surface area contributed by atoms with E-state index < -0.39 is 12.0 Å². The van der Waals surface area contributed by atoms with Crippen molar-refractivity contribution in [3.05, 3.63) is 27.5 Å². The van der Waals surface area contributed by atoms with Crippen molar-refractivity contribution in [3.8, 4) is 0 Å². The second kappa shape index (κ2) is 4.17. The molecule has 1 aromatic heterocycles. The lowest BCUT2D eigenvalue weighted by molar-refractivity contribution is 0.151. The number of aliphatic hydroxyl groups is 1. The molecule has 72 valence electrons. The molecule has 6 heteroatoms. The summed E-state index contributed by atoms with van der Waals surface area (Å²) in [6.45, 7) is -0.386. The highest BCUT2D eigenvalue weighted by atomic mass is 35.5. The van der Waals surface area contributed by atoms with Crippen molar-refractivity contribution in [1.29, 1.82) is 0 Å². The van der Waals surface area contributed by atoms with Gasteiger partial charge in [-0.1, -0.05) is 23.2 Å². The van der Waals surface area contributed by atoms with Crippen LogP contribution in [-0.2, 0) is 6.61 Å². The van der Waals surface area contributed by atoms with Crippen molar-refractivity contribution in [2.24, 2.45) is 0 Å². The quantitative estimate of drug-likeness (QED) is 0.789. The molecule has 0 aromatic carbocycles. The fourth-order valence-corrected chi connectivity index (χ4v) is 1.46. The number of nitrogens with zero attached hydrogens (tertiary/aromatic N) is 1. The van der Waals surface area contributed by atoms with Crippen LogP contribution in [0.4, 0.5) is 8.78 Å². The summed E-state index contributed by atoms with van der Waals surface area (Å²) in [5.41, 5.74) is -0.333. The third-order valence-corrected chi connectivity index (χ3v) is 2.00. The summed E-state index contributed by atoms with van der Waals surface area (Å²) in [4.78, 5) is 3.52. The van der Waals surface area contributed by atoms with Crippen molar-refractivity contribution in [3.63, 3.8) is 0 Å². The summed E-state index contributed by atoms with van der Waals surface area (Å²) < 4.78 is 24.5. The zero-order valence-electron chi connectivity index (χ0n) is 6.27. The smallest absolute Gasteiger partial charge is 0.268 e. The third-order valence-electron chi connectivity index (χ3n) is 1.39. The Kier molecular flexibility index (Phi) is 3.41. The van der Waals surface area contributed by atoms with E-state index in [-0.39, 0.29) is 22.5 Å². The Hall–Kier alpha value is -0.450. The number of aromatic nitrogens is 1. The average Bonchev–Trinajstić information content (AvgIpc) is 2.02. The zero-order chi connectivity index (χ0) is 10.0. The first-order valence-corrected chi connectivity index (χ1v) is 4.05. The monoisotopic (exact) mass is 227 g/mol. The summed E-state index contributed by atoms with van der Waals surface area (Å²) in [5, 5.41) is 8.10. The minimum Gasteiger partial charge on any atom is -0.390 e. The number of alkyl halides is 2.